The molecule has 2 heterocycles. The Kier molecular flexibility index (Phi) is 1.75. The SMILES string of the molecule is O=c1scnn1Cn1cccn1. The lowest BCUT2D eigenvalue weighted by Crippen LogP contribution is -2.19. The third kappa shape index (κ3) is 1.28. The zero-order valence-electron chi connectivity index (χ0n) is 6.12. The normalized spacial score (nSPS) is 10.3. The van der Waals surface area contributed by atoms with Gasteiger partial charge in [-0.05, 0) is 6.07 Å². The molecular weight excluding hydrogens is 176 g/mol. The van der Waals surface area contributed by atoms with Gasteiger partial charge in [0.05, 0.1) is 0 Å². The van der Waals surface area contributed by atoms with Gasteiger partial charge in [0.15, 0.2) is 0 Å². The first-order chi connectivity index (χ1) is 5.86. The summed E-state index contributed by atoms with van der Waals surface area (Å²) in [6, 6.07) is 1.80. The molecule has 2 rings (SSSR count). The van der Waals surface area contributed by atoms with E-state index >= 15 is 0 Å². The van der Waals surface area contributed by atoms with Crippen LogP contribution >= 0.6 is 11.3 Å². The molecule has 2 aromatic heterocycles. The lowest BCUT2D eigenvalue weighted by atomic mass is 10.7. The summed E-state index contributed by atoms with van der Waals surface area (Å²) in [5.41, 5.74) is 1.52. The maximum Gasteiger partial charge on any atom is 0.326 e. The van der Waals surface area contributed by atoms with E-state index in [1.54, 1.807) is 23.1 Å². The van der Waals surface area contributed by atoms with E-state index in [9.17, 15) is 4.79 Å². The summed E-state index contributed by atoms with van der Waals surface area (Å²) < 4.78 is 3.00. The van der Waals surface area contributed by atoms with E-state index in [1.165, 1.54) is 10.2 Å². The Bertz CT molecular complexity index is 401. The van der Waals surface area contributed by atoms with E-state index in [0.29, 0.717) is 6.67 Å². The van der Waals surface area contributed by atoms with Gasteiger partial charge in [-0.2, -0.15) is 14.9 Å². The van der Waals surface area contributed by atoms with Crippen LogP contribution in [0, 0.1) is 0 Å². The molecule has 2 aromatic rings. The minimum absolute atomic E-state index is 0.0644. The molecule has 5 nitrogen and oxygen atoms in total. The Labute approximate surface area is 71.9 Å². The second-order valence-corrected chi connectivity index (χ2v) is 2.99. The number of hydrogen-bond acceptors (Lipinski definition) is 4. The zero-order chi connectivity index (χ0) is 8.39. The van der Waals surface area contributed by atoms with Crippen LogP contribution < -0.4 is 4.87 Å². The highest BCUT2D eigenvalue weighted by molar-refractivity contribution is 7.06. The molecule has 12 heavy (non-hydrogen) atoms. The van der Waals surface area contributed by atoms with Gasteiger partial charge in [-0.25, -0.2) is 0 Å². The fourth-order valence-electron chi connectivity index (χ4n) is 0.849. The predicted octanol–water partition coefficient (Wildman–Crippen LogP) is 0.00710. The molecule has 62 valence electrons. The van der Waals surface area contributed by atoms with Crippen molar-refractivity contribution in [1.29, 1.82) is 0 Å². The highest BCUT2D eigenvalue weighted by atomic mass is 32.1. The molecule has 0 saturated heterocycles. The van der Waals surface area contributed by atoms with Crippen LogP contribution in [0.2, 0.25) is 0 Å². The Balaban J connectivity index is 2.25. The number of hydrogen-bond donors (Lipinski definition) is 0. The van der Waals surface area contributed by atoms with E-state index in [4.69, 9.17) is 0 Å². The standard InChI is InChI=1S/C6H6N4OS/c11-6-10(8-4-12-6)5-9-3-1-2-7-9/h1-4H,5H2. The van der Waals surface area contributed by atoms with E-state index < -0.39 is 0 Å². The summed E-state index contributed by atoms with van der Waals surface area (Å²) in [7, 11) is 0. The predicted molar refractivity (Wildman–Crippen MR) is 44.0 cm³/mol. The summed E-state index contributed by atoms with van der Waals surface area (Å²) >= 11 is 1.08. The molecule has 0 fully saturated rings. The van der Waals surface area contributed by atoms with Crippen molar-refractivity contribution in [2.24, 2.45) is 0 Å². The van der Waals surface area contributed by atoms with Gasteiger partial charge in [0, 0.05) is 12.4 Å². The number of aromatic nitrogens is 4. The molecular formula is C6H6N4OS. The van der Waals surface area contributed by atoms with Crippen molar-refractivity contribution >= 4 is 11.3 Å². The number of rotatable bonds is 2. The summed E-state index contributed by atoms with van der Waals surface area (Å²) in [5, 5.41) is 7.81. The molecule has 0 aliphatic heterocycles. The van der Waals surface area contributed by atoms with Gasteiger partial charge in [0.25, 0.3) is 0 Å². The van der Waals surface area contributed by atoms with Gasteiger partial charge in [-0.3, -0.25) is 9.48 Å². The van der Waals surface area contributed by atoms with Crippen molar-refractivity contribution in [3.05, 3.63) is 33.6 Å². The fraction of sp³-hybridized carbons (Fsp3) is 0.167. The summed E-state index contributed by atoms with van der Waals surface area (Å²) in [5.74, 6) is 0. The largest absolute Gasteiger partial charge is 0.326 e. The maximum atomic E-state index is 11.0. The third-order valence-electron chi connectivity index (χ3n) is 1.39. The smallest absolute Gasteiger partial charge is 0.255 e. The van der Waals surface area contributed by atoms with E-state index in [1.807, 2.05) is 0 Å². The Morgan fingerprint density at radius 3 is 3.00 bits per heavy atom. The van der Waals surface area contributed by atoms with Gasteiger partial charge in [-0.1, -0.05) is 11.3 Å². The molecule has 0 N–H and O–H groups in total. The molecule has 0 spiro atoms. The van der Waals surface area contributed by atoms with Gasteiger partial charge in [0.1, 0.15) is 12.2 Å². The second-order valence-electron chi connectivity index (χ2n) is 2.19. The van der Waals surface area contributed by atoms with E-state index in [2.05, 4.69) is 10.2 Å². The monoisotopic (exact) mass is 182 g/mol. The molecule has 0 radical (unpaired) electrons. The van der Waals surface area contributed by atoms with Crippen molar-refractivity contribution in [3.63, 3.8) is 0 Å². The van der Waals surface area contributed by atoms with Crippen molar-refractivity contribution in [3.8, 4) is 0 Å². The van der Waals surface area contributed by atoms with Crippen LogP contribution in [-0.2, 0) is 6.67 Å². The first-order valence-electron chi connectivity index (χ1n) is 3.34. The van der Waals surface area contributed by atoms with Crippen LogP contribution in [0.1, 0.15) is 0 Å². The summed E-state index contributed by atoms with van der Waals surface area (Å²) in [6.45, 7) is 0.384. The van der Waals surface area contributed by atoms with Crippen LogP contribution in [0.25, 0.3) is 0 Å². The lowest BCUT2D eigenvalue weighted by Gasteiger charge is -1.97. The zero-order valence-corrected chi connectivity index (χ0v) is 6.94. The van der Waals surface area contributed by atoms with Crippen molar-refractivity contribution in [2.75, 3.05) is 0 Å². The average Bonchev–Trinajstić information content (AvgIpc) is 2.65. The molecule has 0 aliphatic rings. The van der Waals surface area contributed by atoms with Crippen LogP contribution in [0.4, 0.5) is 0 Å². The van der Waals surface area contributed by atoms with Gasteiger partial charge in [0.2, 0.25) is 0 Å². The molecule has 0 unspecified atom stereocenters. The van der Waals surface area contributed by atoms with E-state index in [0.717, 1.165) is 11.3 Å². The molecule has 0 bridgehead atoms. The number of nitrogens with zero attached hydrogens (tertiary/aromatic N) is 4. The molecule has 0 amide bonds. The first-order valence-corrected chi connectivity index (χ1v) is 4.22. The van der Waals surface area contributed by atoms with Crippen molar-refractivity contribution in [1.82, 2.24) is 19.6 Å². The van der Waals surface area contributed by atoms with Crippen LogP contribution in [0.15, 0.2) is 28.8 Å². The highest BCUT2D eigenvalue weighted by Gasteiger charge is 1.97. The average molecular weight is 182 g/mol. The van der Waals surface area contributed by atoms with Gasteiger partial charge in [-0.15, -0.1) is 0 Å². The van der Waals surface area contributed by atoms with Crippen LogP contribution in [0.5, 0.6) is 0 Å². The topological polar surface area (TPSA) is 52.7 Å². The van der Waals surface area contributed by atoms with E-state index in [-0.39, 0.29) is 4.87 Å². The van der Waals surface area contributed by atoms with Crippen LogP contribution in [0.3, 0.4) is 0 Å². The molecule has 0 aliphatic carbocycles. The van der Waals surface area contributed by atoms with Gasteiger partial charge >= 0.3 is 4.87 Å². The molecule has 0 atom stereocenters. The minimum atomic E-state index is -0.0644. The highest BCUT2D eigenvalue weighted by Crippen LogP contribution is 1.86. The Morgan fingerprint density at radius 1 is 1.50 bits per heavy atom. The Hall–Kier alpha value is -1.43. The lowest BCUT2D eigenvalue weighted by molar-refractivity contribution is 0.493. The fourth-order valence-corrected chi connectivity index (χ4v) is 1.33. The maximum absolute atomic E-state index is 11.0. The second kappa shape index (κ2) is 2.90. The minimum Gasteiger partial charge on any atom is -0.255 e. The van der Waals surface area contributed by atoms with Crippen molar-refractivity contribution in [2.45, 2.75) is 6.67 Å². The molecule has 0 aromatic carbocycles. The Morgan fingerprint density at radius 2 is 2.42 bits per heavy atom. The van der Waals surface area contributed by atoms with Crippen molar-refractivity contribution < 1.29 is 0 Å². The quantitative estimate of drug-likeness (QED) is 0.657. The summed E-state index contributed by atoms with van der Waals surface area (Å²) in [6.07, 6.45) is 3.45. The third-order valence-corrected chi connectivity index (χ3v) is 2.00. The first kappa shape index (κ1) is 7.23. The van der Waals surface area contributed by atoms with Crippen LogP contribution in [-0.4, -0.2) is 19.6 Å². The van der Waals surface area contributed by atoms with Gasteiger partial charge < -0.3 is 0 Å². The molecule has 6 heteroatoms. The molecule has 0 saturated carbocycles. The summed E-state index contributed by atoms with van der Waals surface area (Å²) in [4.78, 5) is 11.0.